The molecule has 4 heteroatoms. The van der Waals surface area contributed by atoms with Crippen LogP contribution in [0.15, 0.2) is 73.1 Å². The fourth-order valence-corrected chi connectivity index (χ4v) is 2.69. The number of carbonyl (C=O) groups is 1. The molecular weight excluding hydrogens is 312 g/mol. The van der Waals surface area contributed by atoms with E-state index in [4.69, 9.17) is 0 Å². The molecule has 0 fully saturated rings. The van der Waals surface area contributed by atoms with Gasteiger partial charge in [-0.2, -0.15) is 0 Å². The van der Waals surface area contributed by atoms with Crippen LogP contribution in [-0.2, 0) is 6.42 Å². The number of benzene rings is 2. The van der Waals surface area contributed by atoms with Crippen LogP contribution >= 0.6 is 0 Å². The third kappa shape index (κ3) is 4.18. The Morgan fingerprint density at radius 3 is 2.56 bits per heavy atom. The Morgan fingerprint density at radius 2 is 1.88 bits per heavy atom. The zero-order valence-corrected chi connectivity index (χ0v) is 14.0. The first-order valence-electron chi connectivity index (χ1n) is 8.15. The van der Waals surface area contributed by atoms with Gasteiger partial charge in [-0.25, -0.2) is 0 Å². The zero-order chi connectivity index (χ0) is 17.6. The van der Waals surface area contributed by atoms with E-state index in [2.05, 4.69) is 10.3 Å². The van der Waals surface area contributed by atoms with E-state index in [0.29, 0.717) is 12.0 Å². The maximum Gasteiger partial charge on any atom is 0.168 e. The van der Waals surface area contributed by atoms with Gasteiger partial charge < -0.3 is 5.11 Å². The van der Waals surface area contributed by atoms with E-state index in [0.717, 1.165) is 22.3 Å². The number of aliphatic hydroxyl groups is 1. The Hall–Kier alpha value is -2.82. The molecule has 1 heterocycles. The van der Waals surface area contributed by atoms with Crippen LogP contribution in [0.1, 0.15) is 27.7 Å². The number of pyridine rings is 1. The van der Waals surface area contributed by atoms with Gasteiger partial charge in [0, 0.05) is 24.4 Å². The quantitative estimate of drug-likeness (QED) is 0.536. The van der Waals surface area contributed by atoms with Gasteiger partial charge in [-0.1, -0.05) is 42.5 Å². The molecule has 0 aliphatic heterocycles. The van der Waals surface area contributed by atoms with E-state index >= 15 is 0 Å². The average Bonchev–Trinajstić information content (AvgIpc) is 2.68. The van der Waals surface area contributed by atoms with Crippen molar-refractivity contribution in [2.45, 2.75) is 12.6 Å². The van der Waals surface area contributed by atoms with Crippen LogP contribution in [0.2, 0.25) is 0 Å². The molecule has 25 heavy (non-hydrogen) atoms. The van der Waals surface area contributed by atoms with Crippen LogP contribution in [0.25, 0.3) is 11.1 Å². The van der Waals surface area contributed by atoms with Gasteiger partial charge in [0.1, 0.15) is 6.23 Å². The van der Waals surface area contributed by atoms with Gasteiger partial charge in [0.25, 0.3) is 0 Å². The summed E-state index contributed by atoms with van der Waals surface area (Å²) < 4.78 is 0. The molecule has 3 rings (SSSR count). The average molecular weight is 332 g/mol. The first-order valence-corrected chi connectivity index (χ1v) is 8.15. The summed E-state index contributed by atoms with van der Waals surface area (Å²) in [5.41, 5.74) is 4.47. The van der Waals surface area contributed by atoms with Crippen molar-refractivity contribution in [2.24, 2.45) is 0 Å². The lowest BCUT2D eigenvalue weighted by Crippen LogP contribution is -2.14. The van der Waals surface area contributed by atoms with Crippen molar-refractivity contribution in [1.82, 2.24) is 10.3 Å². The minimum absolute atomic E-state index is 0.0555. The SMILES string of the molecule is CNC(O)c1cccc(-c2ccc(CC(=O)c3cccnc3)cc2)c1. The lowest BCUT2D eigenvalue weighted by atomic mass is 9.99. The molecule has 3 aromatic rings. The highest BCUT2D eigenvalue weighted by atomic mass is 16.3. The van der Waals surface area contributed by atoms with Crippen molar-refractivity contribution in [3.05, 3.63) is 89.7 Å². The van der Waals surface area contributed by atoms with Gasteiger partial charge in [0.05, 0.1) is 0 Å². The smallest absolute Gasteiger partial charge is 0.168 e. The summed E-state index contributed by atoms with van der Waals surface area (Å²) in [6, 6.07) is 19.2. The number of aliphatic hydroxyl groups excluding tert-OH is 1. The maximum absolute atomic E-state index is 12.2. The largest absolute Gasteiger partial charge is 0.374 e. The Bertz CT molecular complexity index is 845. The minimum Gasteiger partial charge on any atom is -0.374 e. The summed E-state index contributed by atoms with van der Waals surface area (Å²) >= 11 is 0. The van der Waals surface area contributed by atoms with Gasteiger partial charge >= 0.3 is 0 Å². The Morgan fingerprint density at radius 1 is 1.08 bits per heavy atom. The van der Waals surface area contributed by atoms with Crippen LogP contribution in [0, 0.1) is 0 Å². The van der Waals surface area contributed by atoms with Crippen LogP contribution in [0.5, 0.6) is 0 Å². The van der Waals surface area contributed by atoms with Crippen molar-refractivity contribution in [3.8, 4) is 11.1 Å². The monoisotopic (exact) mass is 332 g/mol. The Labute approximate surface area is 147 Å². The number of aromatic nitrogens is 1. The first-order chi connectivity index (χ1) is 12.2. The van der Waals surface area contributed by atoms with E-state index in [9.17, 15) is 9.90 Å². The minimum atomic E-state index is -0.684. The number of hydrogen-bond acceptors (Lipinski definition) is 4. The summed E-state index contributed by atoms with van der Waals surface area (Å²) in [5, 5.41) is 12.7. The second-order valence-electron chi connectivity index (χ2n) is 5.86. The highest BCUT2D eigenvalue weighted by Crippen LogP contribution is 2.23. The maximum atomic E-state index is 12.2. The van der Waals surface area contributed by atoms with E-state index in [1.165, 1.54) is 0 Å². The molecule has 0 radical (unpaired) electrons. The van der Waals surface area contributed by atoms with Gasteiger partial charge in [0.2, 0.25) is 0 Å². The number of carbonyl (C=O) groups excluding carboxylic acids is 1. The number of rotatable bonds is 6. The molecule has 1 unspecified atom stereocenters. The van der Waals surface area contributed by atoms with Crippen molar-refractivity contribution in [1.29, 1.82) is 0 Å². The second-order valence-corrected chi connectivity index (χ2v) is 5.86. The third-order valence-electron chi connectivity index (χ3n) is 4.11. The molecule has 126 valence electrons. The molecule has 0 saturated heterocycles. The summed E-state index contributed by atoms with van der Waals surface area (Å²) in [5.74, 6) is 0.0555. The highest BCUT2D eigenvalue weighted by molar-refractivity contribution is 5.97. The fourth-order valence-electron chi connectivity index (χ4n) is 2.69. The topological polar surface area (TPSA) is 62.2 Å². The molecule has 1 atom stereocenters. The summed E-state index contributed by atoms with van der Waals surface area (Å²) in [4.78, 5) is 16.2. The molecule has 2 aromatic carbocycles. The predicted molar refractivity (Wildman–Crippen MR) is 98.2 cm³/mol. The zero-order valence-electron chi connectivity index (χ0n) is 14.0. The lowest BCUT2D eigenvalue weighted by Gasteiger charge is -2.11. The van der Waals surface area contributed by atoms with Crippen LogP contribution in [-0.4, -0.2) is 22.9 Å². The second kappa shape index (κ2) is 7.83. The molecule has 0 amide bonds. The van der Waals surface area contributed by atoms with Crippen LogP contribution in [0.3, 0.4) is 0 Å². The Balaban J connectivity index is 1.75. The predicted octanol–water partition coefficient (Wildman–Crippen LogP) is 3.38. The molecule has 1 aromatic heterocycles. The summed E-state index contributed by atoms with van der Waals surface area (Å²) in [6.07, 6.45) is 2.92. The molecule has 4 nitrogen and oxygen atoms in total. The highest BCUT2D eigenvalue weighted by Gasteiger charge is 2.08. The Kier molecular flexibility index (Phi) is 5.33. The standard InChI is InChI=1S/C21H20N2O2/c1-22-21(25)18-5-2-4-17(13-18)16-9-7-15(8-10-16)12-20(24)19-6-3-11-23-14-19/h2-11,13-14,21-22,25H,12H2,1H3. The van der Waals surface area contributed by atoms with E-state index in [-0.39, 0.29) is 5.78 Å². The molecule has 0 spiro atoms. The molecule has 0 aliphatic rings. The van der Waals surface area contributed by atoms with Crippen molar-refractivity contribution < 1.29 is 9.90 Å². The number of hydrogen-bond donors (Lipinski definition) is 2. The molecule has 2 N–H and O–H groups in total. The van der Waals surface area contributed by atoms with E-state index in [1.54, 1.807) is 31.6 Å². The molecular formula is C21H20N2O2. The van der Waals surface area contributed by atoms with Gasteiger partial charge in [0.15, 0.2) is 5.78 Å². The normalized spacial score (nSPS) is 11.9. The summed E-state index contributed by atoms with van der Waals surface area (Å²) in [7, 11) is 1.71. The summed E-state index contributed by atoms with van der Waals surface area (Å²) in [6.45, 7) is 0. The van der Waals surface area contributed by atoms with Gasteiger partial charge in [-0.05, 0) is 47.5 Å². The van der Waals surface area contributed by atoms with Gasteiger partial charge in [-0.3, -0.25) is 15.1 Å². The molecule has 0 bridgehead atoms. The van der Waals surface area contributed by atoms with E-state index < -0.39 is 6.23 Å². The molecule has 0 aliphatic carbocycles. The third-order valence-corrected chi connectivity index (χ3v) is 4.11. The number of Topliss-reactive ketones (excluding diaryl/α,β-unsaturated/α-hetero) is 1. The van der Waals surface area contributed by atoms with Crippen molar-refractivity contribution >= 4 is 5.78 Å². The lowest BCUT2D eigenvalue weighted by molar-refractivity contribution is 0.0992. The van der Waals surface area contributed by atoms with Gasteiger partial charge in [-0.15, -0.1) is 0 Å². The van der Waals surface area contributed by atoms with Crippen molar-refractivity contribution in [3.63, 3.8) is 0 Å². The van der Waals surface area contributed by atoms with Crippen molar-refractivity contribution in [2.75, 3.05) is 7.05 Å². The number of ketones is 1. The number of nitrogens with zero attached hydrogens (tertiary/aromatic N) is 1. The van der Waals surface area contributed by atoms with Crippen LogP contribution < -0.4 is 5.32 Å². The first kappa shape index (κ1) is 17.0. The molecule has 0 saturated carbocycles. The number of nitrogens with one attached hydrogen (secondary N) is 1. The fraction of sp³-hybridized carbons (Fsp3) is 0.143. The van der Waals surface area contributed by atoms with E-state index in [1.807, 2.05) is 48.5 Å². The van der Waals surface area contributed by atoms with Crippen LogP contribution in [0.4, 0.5) is 0 Å².